The molecule has 1 heterocycles. The van der Waals surface area contributed by atoms with Gasteiger partial charge in [-0.15, -0.1) is 0 Å². The molecule has 0 N–H and O–H groups in total. The quantitative estimate of drug-likeness (QED) is 0.589. The van der Waals surface area contributed by atoms with Crippen LogP contribution in [0.15, 0.2) is 54.6 Å². The Morgan fingerprint density at radius 2 is 1.04 bits per heavy atom. The fraction of sp³-hybridized carbons (Fsp3) is 0.348. The third-order valence-corrected chi connectivity index (χ3v) is 4.20. The zero-order valence-corrected chi connectivity index (χ0v) is 16.5. The van der Waals surface area contributed by atoms with Crippen LogP contribution in [-0.2, 0) is 10.8 Å². The van der Waals surface area contributed by atoms with E-state index in [9.17, 15) is 0 Å². The van der Waals surface area contributed by atoms with E-state index >= 15 is 0 Å². The molecule has 3 rings (SSSR count). The van der Waals surface area contributed by atoms with E-state index in [0.29, 0.717) is 0 Å². The number of benzene rings is 2. The molecule has 0 amide bonds. The predicted molar refractivity (Wildman–Crippen MR) is 108 cm³/mol. The molecule has 0 atom stereocenters. The molecule has 0 fully saturated rings. The molecule has 1 aromatic heterocycles. The van der Waals surface area contributed by atoms with Crippen molar-refractivity contribution in [1.82, 2.24) is 15.0 Å². The lowest BCUT2D eigenvalue weighted by Gasteiger charge is -2.22. The van der Waals surface area contributed by atoms with Gasteiger partial charge in [-0.25, -0.2) is 15.0 Å². The molecule has 0 aliphatic rings. The van der Waals surface area contributed by atoms with Crippen molar-refractivity contribution in [2.45, 2.75) is 52.4 Å². The highest BCUT2D eigenvalue weighted by Gasteiger charge is 2.25. The number of rotatable bonds is 2. The van der Waals surface area contributed by atoms with Gasteiger partial charge in [0.1, 0.15) is 11.6 Å². The first-order chi connectivity index (χ1) is 12.1. The molecule has 2 aromatic carbocycles. The maximum Gasteiger partial charge on any atom is 0.163 e. The van der Waals surface area contributed by atoms with Gasteiger partial charge in [0.25, 0.3) is 0 Å². The second-order valence-electron chi connectivity index (χ2n) is 8.75. The normalized spacial score (nSPS) is 12.2. The summed E-state index contributed by atoms with van der Waals surface area (Å²) in [6.07, 6.45) is 0. The zero-order chi connectivity index (χ0) is 18.9. The summed E-state index contributed by atoms with van der Waals surface area (Å²) in [6.45, 7) is 12.8. The third kappa shape index (κ3) is 3.98. The molecule has 3 heteroatoms. The summed E-state index contributed by atoms with van der Waals surface area (Å²) in [7, 11) is 0. The number of aromatic nitrogens is 3. The van der Waals surface area contributed by atoms with E-state index in [1.807, 2.05) is 6.07 Å². The van der Waals surface area contributed by atoms with E-state index in [2.05, 4.69) is 90.1 Å². The molecule has 0 aliphatic heterocycles. The maximum absolute atomic E-state index is 4.80. The van der Waals surface area contributed by atoms with Crippen molar-refractivity contribution in [2.75, 3.05) is 0 Å². The average molecular weight is 345 g/mol. The summed E-state index contributed by atoms with van der Waals surface area (Å²) in [6, 6.07) is 18.8. The Balaban J connectivity index is 2.15. The number of hydrogen-bond donors (Lipinski definition) is 0. The second kappa shape index (κ2) is 6.64. The predicted octanol–water partition coefficient (Wildman–Crippen LogP) is 5.80. The Morgan fingerprint density at radius 3 is 1.58 bits per heavy atom. The van der Waals surface area contributed by atoms with E-state index < -0.39 is 0 Å². The Morgan fingerprint density at radius 1 is 0.538 bits per heavy atom. The molecule has 3 nitrogen and oxygen atoms in total. The molecule has 0 unspecified atom stereocenters. The van der Waals surface area contributed by atoms with Crippen LogP contribution in [0, 0.1) is 0 Å². The van der Waals surface area contributed by atoms with Crippen LogP contribution in [0.4, 0.5) is 0 Å². The van der Waals surface area contributed by atoms with Gasteiger partial charge in [-0.1, -0.05) is 90.1 Å². The SMILES string of the molecule is CC(C)(C)c1nc(-c2cccc(-c3ccccc3)c2)nc(C(C)(C)C)n1. The van der Waals surface area contributed by atoms with Gasteiger partial charge in [0.15, 0.2) is 5.82 Å². The van der Waals surface area contributed by atoms with Gasteiger partial charge in [-0.2, -0.15) is 0 Å². The van der Waals surface area contributed by atoms with Crippen LogP contribution in [-0.4, -0.2) is 15.0 Å². The van der Waals surface area contributed by atoms with Crippen molar-refractivity contribution in [3.8, 4) is 22.5 Å². The number of hydrogen-bond acceptors (Lipinski definition) is 3. The molecule has 3 aromatic rings. The first-order valence-corrected chi connectivity index (χ1v) is 9.07. The fourth-order valence-corrected chi connectivity index (χ4v) is 2.64. The molecule has 0 saturated heterocycles. The minimum absolute atomic E-state index is 0.130. The summed E-state index contributed by atoms with van der Waals surface area (Å²) in [4.78, 5) is 14.4. The highest BCUT2D eigenvalue weighted by Crippen LogP contribution is 2.28. The summed E-state index contributed by atoms with van der Waals surface area (Å²) in [5, 5.41) is 0. The summed E-state index contributed by atoms with van der Waals surface area (Å²) < 4.78 is 0. The van der Waals surface area contributed by atoms with Crippen molar-refractivity contribution < 1.29 is 0 Å². The monoisotopic (exact) mass is 345 g/mol. The van der Waals surface area contributed by atoms with Crippen molar-refractivity contribution >= 4 is 0 Å². The first-order valence-electron chi connectivity index (χ1n) is 9.07. The van der Waals surface area contributed by atoms with Crippen LogP contribution < -0.4 is 0 Å². The Labute approximate surface area is 156 Å². The Kier molecular flexibility index (Phi) is 4.66. The molecule has 0 spiro atoms. The van der Waals surface area contributed by atoms with Crippen LogP contribution in [0.5, 0.6) is 0 Å². The fourth-order valence-electron chi connectivity index (χ4n) is 2.64. The van der Waals surface area contributed by atoms with Gasteiger partial charge in [0.2, 0.25) is 0 Å². The highest BCUT2D eigenvalue weighted by atomic mass is 15.0. The Bertz CT molecular complexity index is 868. The molecule has 0 saturated carbocycles. The lowest BCUT2D eigenvalue weighted by atomic mass is 9.93. The van der Waals surface area contributed by atoms with Gasteiger partial charge < -0.3 is 0 Å². The first kappa shape index (κ1) is 18.2. The molecule has 26 heavy (non-hydrogen) atoms. The summed E-state index contributed by atoms with van der Waals surface area (Å²) in [5.74, 6) is 2.41. The molecule has 0 radical (unpaired) electrons. The third-order valence-electron chi connectivity index (χ3n) is 4.20. The van der Waals surface area contributed by atoms with Crippen LogP contribution in [0.3, 0.4) is 0 Å². The van der Waals surface area contributed by atoms with Crippen molar-refractivity contribution in [1.29, 1.82) is 0 Å². The highest BCUT2D eigenvalue weighted by molar-refractivity contribution is 5.70. The van der Waals surface area contributed by atoms with E-state index in [0.717, 1.165) is 28.6 Å². The van der Waals surface area contributed by atoms with Crippen LogP contribution >= 0.6 is 0 Å². The second-order valence-corrected chi connectivity index (χ2v) is 8.75. The zero-order valence-electron chi connectivity index (χ0n) is 16.5. The molecule has 0 aliphatic carbocycles. The van der Waals surface area contributed by atoms with Crippen molar-refractivity contribution in [3.05, 3.63) is 66.2 Å². The van der Waals surface area contributed by atoms with Crippen LogP contribution in [0.2, 0.25) is 0 Å². The lowest BCUT2D eigenvalue weighted by Crippen LogP contribution is -2.24. The minimum Gasteiger partial charge on any atom is -0.217 e. The van der Waals surface area contributed by atoms with Crippen molar-refractivity contribution in [3.63, 3.8) is 0 Å². The number of nitrogens with zero attached hydrogens (tertiary/aromatic N) is 3. The van der Waals surface area contributed by atoms with E-state index in [-0.39, 0.29) is 10.8 Å². The summed E-state index contributed by atoms with van der Waals surface area (Å²) in [5.41, 5.74) is 3.11. The lowest BCUT2D eigenvalue weighted by molar-refractivity contribution is 0.497. The molecule has 134 valence electrons. The van der Waals surface area contributed by atoms with E-state index in [1.54, 1.807) is 0 Å². The van der Waals surface area contributed by atoms with Gasteiger partial charge in [0.05, 0.1) is 0 Å². The van der Waals surface area contributed by atoms with Crippen molar-refractivity contribution in [2.24, 2.45) is 0 Å². The largest absolute Gasteiger partial charge is 0.217 e. The Hall–Kier alpha value is -2.55. The summed E-state index contributed by atoms with van der Waals surface area (Å²) >= 11 is 0. The average Bonchev–Trinajstić information content (AvgIpc) is 2.61. The van der Waals surface area contributed by atoms with E-state index in [4.69, 9.17) is 15.0 Å². The van der Waals surface area contributed by atoms with Crippen LogP contribution in [0.1, 0.15) is 53.2 Å². The topological polar surface area (TPSA) is 38.7 Å². The minimum atomic E-state index is -0.130. The maximum atomic E-state index is 4.80. The molecular formula is C23H27N3. The smallest absolute Gasteiger partial charge is 0.163 e. The van der Waals surface area contributed by atoms with Gasteiger partial charge in [-0.3, -0.25) is 0 Å². The van der Waals surface area contributed by atoms with Gasteiger partial charge in [0, 0.05) is 16.4 Å². The van der Waals surface area contributed by atoms with Gasteiger partial charge in [-0.05, 0) is 17.2 Å². The van der Waals surface area contributed by atoms with Crippen LogP contribution in [0.25, 0.3) is 22.5 Å². The van der Waals surface area contributed by atoms with Gasteiger partial charge >= 0.3 is 0 Å². The molecular weight excluding hydrogens is 318 g/mol. The van der Waals surface area contributed by atoms with E-state index in [1.165, 1.54) is 5.56 Å². The molecule has 0 bridgehead atoms. The standard InChI is InChI=1S/C23H27N3/c1-22(2,3)20-24-19(25-21(26-20)23(4,5)6)18-14-10-13-17(15-18)16-11-8-7-9-12-16/h7-15H,1-6H3.